The van der Waals surface area contributed by atoms with Crippen LogP contribution in [0.4, 0.5) is 11.4 Å². The van der Waals surface area contributed by atoms with Gasteiger partial charge in [-0.25, -0.2) is 0 Å². The Morgan fingerprint density at radius 1 is 1.04 bits per heavy atom. The van der Waals surface area contributed by atoms with Crippen molar-refractivity contribution in [1.82, 2.24) is 0 Å². The first-order valence-electron chi connectivity index (χ1n) is 9.22. The highest BCUT2D eigenvalue weighted by molar-refractivity contribution is 6.17. The van der Waals surface area contributed by atoms with Crippen molar-refractivity contribution in [3.63, 3.8) is 0 Å². The maximum absolute atomic E-state index is 13.7. The number of fused-ring (bicyclic) bond motifs is 2. The third kappa shape index (κ3) is 2.32. The van der Waals surface area contributed by atoms with Crippen molar-refractivity contribution in [1.29, 1.82) is 0 Å². The number of hydrogen-bond acceptors (Lipinski definition) is 3. The van der Waals surface area contributed by atoms with E-state index in [4.69, 9.17) is 4.74 Å². The number of anilines is 2. The molecule has 0 bridgehead atoms. The van der Waals surface area contributed by atoms with Crippen molar-refractivity contribution in [3.05, 3.63) is 83.6 Å². The molecule has 142 valence electrons. The van der Waals surface area contributed by atoms with E-state index in [0.717, 1.165) is 11.3 Å². The van der Waals surface area contributed by atoms with Crippen LogP contribution in [-0.4, -0.2) is 18.4 Å². The Labute approximate surface area is 164 Å². The summed E-state index contributed by atoms with van der Waals surface area (Å²) in [6.45, 7) is 9.53. The number of aryl methyl sites for hydroxylation is 1. The van der Waals surface area contributed by atoms with E-state index < -0.39 is 5.72 Å². The van der Waals surface area contributed by atoms with Gasteiger partial charge in [0, 0.05) is 12.2 Å². The third-order valence-electron chi connectivity index (χ3n) is 5.37. The molecular formula is C23H22N2O3. The van der Waals surface area contributed by atoms with Crippen LogP contribution >= 0.6 is 0 Å². The number of ether oxygens (including phenoxy) is 1. The number of allylic oxidation sites excluding steroid dienone is 1. The number of carbonyl (C=O) groups is 2. The number of para-hydroxylation sites is 1. The van der Waals surface area contributed by atoms with Crippen molar-refractivity contribution in [2.24, 2.45) is 0 Å². The molecule has 2 amide bonds. The highest BCUT2D eigenvalue weighted by Crippen LogP contribution is 2.50. The lowest BCUT2D eigenvalue weighted by Crippen LogP contribution is -2.60. The van der Waals surface area contributed by atoms with E-state index in [9.17, 15) is 9.59 Å². The van der Waals surface area contributed by atoms with Gasteiger partial charge in [0.15, 0.2) is 0 Å². The summed E-state index contributed by atoms with van der Waals surface area (Å²) in [6.07, 6.45) is 1.67. The molecule has 0 N–H and O–H groups in total. The number of hydrogen-bond donors (Lipinski definition) is 0. The molecule has 4 rings (SSSR count). The number of nitrogens with zero attached hydrogens (tertiary/aromatic N) is 2. The molecule has 0 radical (unpaired) electrons. The molecule has 0 saturated carbocycles. The maximum Gasteiger partial charge on any atom is 0.298 e. The van der Waals surface area contributed by atoms with Crippen molar-refractivity contribution >= 4 is 23.2 Å². The molecule has 1 atom stereocenters. The highest BCUT2D eigenvalue weighted by Gasteiger charge is 2.61. The second-order valence-electron chi connectivity index (χ2n) is 7.12. The molecule has 5 nitrogen and oxygen atoms in total. The number of amides is 2. The molecule has 2 heterocycles. The fourth-order valence-corrected chi connectivity index (χ4v) is 3.83. The Kier molecular flexibility index (Phi) is 4.11. The summed E-state index contributed by atoms with van der Waals surface area (Å²) in [7, 11) is 0. The molecule has 1 spiro atoms. The summed E-state index contributed by atoms with van der Waals surface area (Å²) in [4.78, 5) is 30.2. The first-order chi connectivity index (χ1) is 13.4. The molecule has 0 aromatic heterocycles. The Hall–Kier alpha value is -3.34. The van der Waals surface area contributed by atoms with Gasteiger partial charge in [-0.2, -0.15) is 0 Å². The zero-order valence-corrected chi connectivity index (χ0v) is 16.2. The van der Waals surface area contributed by atoms with Crippen molar-refractivity contribution in [2.75, 3.05) is 16.3 Å². The van der Waals surface area contributed by atoms with Gasteiger partial charge in [0.25, 0.3) is 17.5 Å². The highest BCUT2D eigenvalue weighted by atomic mass is 16.5. The lowest BCUT2D eigenvalue weighted by atomic mass is 9.97. The fourth-order valence-electron chi connectivity index (χ4n) is 3.83. The number of carbonyl (C=O) groups excluding carboxylic acids is 2. The smallest absolute Gasteiger partial charge is 0.298 e. The van der Waals surface area contributed by atoms with Crippen LogP contribution in [0, 0.1) is 6.92 Å². The summed E-state index contributed by atoms with van der Waals surface area (Å²) in [6, 6.07) is 15.0. The van der Waals surface area contributed by atoms with Gasteiger partial charge in [-0.1, -0.05) is 42.0 Å². The molecule has 0 fully saturated rings. The normalized spacial score (nSPS) is 21.2. The van der Waals surface area contributed by atoms with Crippen LogP contribution < -0.4 is 9.80 Å². The summed E-state index contributed by atoms with van der Waals surface area (Å²) in [5.74, 6) is -0.0810. The second kappa shape index (κ2) is 6.37. The van der Waals surface area contributed by atoms with Gasteiger partial charge in [0.2, 0.25) is 0 Å². The molecule has 1 unspecified atom stereocenters. The SMILES string of the molecule is C=CCN1C(=O)C2(OC(C)=C(C)C(=O)N2c2ccc(C)cc2)c2ccccc21. The Morgan fingerprint density at radius 2 is 1.71 bits per heavy atom. The largest absolute Gasteiger partial charge is 0.458 e. The van der Waals surface area contributed by atoms with Crippen LogP contribution in [0.5, 0.6) is 0 Å². The average molecular weight is 374 g/mol. The van der Waals surface area contributed by atoms with E-state index in [0.29, 0.717) is 29.1 Å². The Morgan fingerprint density at radius 3 is 2.39 bits per heavy atom. The maximum atomic E-state index is 13.7. The van der Waals surface area contributed by atoms with E-state index in [-0.39, 0.29) is 11.8 Å². The number of rotatable bonds is 3. The van der Waals surface area contributed by atoms with Crippen LogP contribution in [-0.2, 0) is 20.1 Å². The summed E-state index contributed by atoms with van der Waals surface area (Å²) in [5, 5.41) is 0. The molecule has 2 aromatic rings. The fraction of sp³-hybridized carbons (Fsp3) is 0.217. The van der Waals surface area contributed by atoms with Crippen LogP contribution in [0.15, 0.2) is 72.5 Å². The molecule has 2 aliphatic heterocycles. The van der Waals surface area contributed by atoms with Gasteiger partial charge in [-0.3, -0.25) is 14.5 Å². The van der Waals surface area contributed by atoms with Crippen LogP contribution in [0.1, 0.15) is 25.0 Å². The second-order valence-corrected chi connectivity index (χ2v) is 7.12. The summed E-state index contributed by atoms with van der Waals surface area (Å²) >= 11 is 0. The van der Waals surface area contributed by atoms with Gasteiger partial charge in [-0.15, -0.1) is 6.58 Å². The molecule has 2 aliphatic rings. The molecular weight excluding hydrogens is 352 g/mol. The standard InChI is InChI=1S/C23H22N2O3/c1-5-14-24-20-9-7-6-8-19(20)23(22(24)27)25(18-12-10-15(2)11-13-18)21(26)16(3)17(4)28-23/h5-13H,1,14H2,2-4H3. The molecule has 2 aromatic carbocycles. The van der Waals surface area contributed by atoms with E-state index in [1.807, 2.05) is 55.5 Å². The first kappa shape index (κ1) is 18.0. The zero-order valence-electron chi connectivity index (χ0n) is 16.2. The van der Waals surface area contributed by atoms with Gasteiger partial charge in [-0.05, 0) is 39.0 Å². The van der Waals surface area contributed by atoms with Crippen LogP contribution in [0.3, 0.4) is 0 Å². The minimum atomic E-state index is -1.56. The topological polar surface area (TPSA) is 49.9 Å². The first-order valence-corrected chi connectivity index (χ1v) is 9.22. The van der Waals surface area contributed by atoms with Gasteiger partial charge in [0.1, 0.15) is 5.76 Å². The summed E-state index contributed by atoms with van der Waals surface area (Å²) < 4.78 is 6.29. The number of benzene rings is 2. The predicted molar refractivity (Wildman–Crippen MR) is 109 cm³/mol. The van der Waals surface area contributed by atoms with Gasteiger partial charge < -0.3 is 9.64 Å². The van der Waals surface area contributed by atoms with Crippen LogP contribution in [0.25, 0.3) is 0 Å². The molecule has 28 heavy (non-hydrogen) atoms. The molecule has 0 saturated heterocycles. The minimum Gasteiger partial charge on any atom is -0.458 e. The van der Waals surface area contributed by atoms with E-state index >= 15 is 0 Å². The van der Waals surface area contributed by atoms with E-state index in [1.54, 1.807) is 24.8 Å². The van der Waals surface area contributed by atoms with E-state index in [2.05, 4.69) is 6.58 Å². The zero-order chi connectivity index (χ0) is 20.1. The van der Waals surface area contributed by atoms with Crippen molar-refractivity contribution < 1.29 is 14.3 Å². The summed E-state index contributed by atoms with van der Waals surface area (Å²) in [5.41, 5.74) is 1.99. The minimum absolute atomic E-state index is 0.240. The third-order valence-corrected chi connectivity index (χ3v) is 5.37. The Bertz CT molecular complexity index is 1020. The van der Waals surface area contributed by atoms with Gasteiger partial charge in [0.05, 0.1) is 16.8 Å². The lowest BCUT2D eigenvalue weighted by molar-refractivity contribution is -0.145. The quantitative estimate of drug-likeness (QED) is 0.762. The lowest BCUT2D eigenvalue weighted by Gasteiger charge is -2.43. The predicted octanol–water partition coefficient (Wildman–Crippen LogP) is 4.04. The molecule has 5 heteroatoms. The van der Waals surface area contributed by atoms with Crippen LogP contribution in [0.2, 0.25) is 0 Å². The van der Waals surface area contributed by atoms with Crippen molar-refractivity contribution in [2.45, 2.75) is 26.5 Å². The molecule has 0 aliphatic carbocycles. The Balaban J connectivity index is 2.01. The van der Waals surface area contributed by atoms with Gasteiger partial charge >= 0.3 is 0 Å². The average Bonchev–Trinajstić information content (AvgIpc) is 2.91. The monoisotopic (exact) mass is 374 g/mol. The van der Waals surface area contributed by atoms with Crippen molar-refractivity contribution in [3.8, 4) is 0 Å². The van der Waals surface area contributed by atoms with E-state index in [1.165, 1.54) is 4.90 Å².